The quantitative estimate of drug-likeness (QED) is 0.731. The van der Waals surface area contributed by atoms with E-state index < -0.39 is 4.83 Å². The Hall–Kier alpha value is -1.29. The first-order chi connectivity index (χ1) is 7.02. The number of benzene rings is 1. The molecular formula is C11H8BrNO2. The normalized spacial score (nSPS) is 20.4. The third kappa shape index (κ3) is 1.45. The summed E-state index contributed by atoms with van der Waals surface area (Å²) in [5.41, 5.74) is 1.48. The van der Waals surface area contributed by atoms with Gasteiger partial charge in [0.2, 0.25) is 5.78 Å². The van der Waals surface area contributed by atoms with Crippen LogP contribution in [-0.4, -0.2) is 22.1 Å². The first-order valence-electron chi connectivity index (χ1n) is 4.44. The molecule has 1 atom stereocenters. The molecule has 0 bridgehead atoms. The standard InChI is InChI=1S/C11H8BrNO2/c1-5-2-3-6-7(4-5)11(15)9(13)8(12)10(6)14/h2-4,8,13H,1H3. The summed E-state index contributed by atoms with van der Waals surface area (Å²) in [4.78, 5) is 22.7. The molecule has 15 heavy (non-hydrogen) atoms. The second-order valence-corrected chi connectivity index (χ2v) is 4.43. The highest BCUT2D eigenvalue weighted by Crippen LogP contribution is 2.24. The monoisotopic (exact) mass is 265 g/mol. The van der Waals surface area contributed by atoms with E-state index in [1.54, 1.807) is 18.2 Å². The van der Waals surface area contributed by atoms with Crippen LogP contribution in [-0.2, 0) is 0 Å². The van der Waals surface area contributed by atoms with Crippen molar-refractivity contribution < 1.29 is 9.59 Å². The molecule has 1 aliphatic carbocycles. The molecule has 0 amide bonds. The van der Waals surface area contributed by atoms with Gasteiger partial charge in [-0.25, -0.2) is 0 Å². The number of hydrogen-bond acceptors (Lipinski definition) is 3. The van der Waals surface area contributed by atoms with Crippen LogP contribution in [0.1, 0.15) is 26.3 Å². The number of carbonyl (C=O) groups excluding carboxylic acids is 2. The van der Waals surface area contributed by atoms with E-state index in [1.165, 1.54) is 0 Å². The van der Waals surface area contributed by atoms with Crippen molar-refractivity contribution in [3.05, 3.63) is 34.9 Å². The topological polar surface area (TPSA) is 58.0 Å². The molecule has 1 aliphatic rings. The average Bonchev–Trinajstić information content (AvgIpc) is 2.23. The maximum atomic E-state index is 11.7. The van der Waals surface area contributed by atoms with Crippen LogP contribution in [0.25, 0.3) is 0 Å². The van der Waals surface area contributed by atoms with Crippen LogP contribution in [0.5, 0.6) is 0 Å². The van der Waals surface area contributed by atoms with Gasteiger partial charge in [-0.2, -0.15) is 0 Å². The summed E-state index contributed by atoms with van der Waals surface area (Å²) in [5, 5.41) is 7.52. The largest absolute Gasteiger partial charge is 0.300 e. The number of Topliss-reactive ketones (excluding diaryl/α,β-unsaturated/α-hetero) is 2. The molecule has 0 saturated carbocycles. The van der Waals surface area contributed by atoms with Crippen LogP contribution >= 0.6 is 15.9 Å². The fraction of sp³-hybridized carbons (Fsp3) is 0.182. The van der Waals surface area contributed by atoms with Crippen molar-refractivity contribution in [3.63, 3.8) is 0 Å². The van der Waals surface area contributed by atoms with Gasteiger partial charge in [-0.15, -0.1) is 0 Å². The van der Waals surface area contributed by atoms with Crippen LogP contribution in [0, 0.1) is 12.3 Å². The Kier molecular flexibility index (Phi) is 2.31. The number of carbonyl (C=O) groups is 2. The van der Waals surface area contributed by atoms with Gasteiger partial charge in [0, 0.05) is 11.1 Å². The second kappa shape index (κ2) is 3.38. The summed E-state index contributed by atoms with van der Waals surface area (Å²) in [6, 6.07) is 5.09. The summed E-state index contributed by atoms with van der Waals surface area (Å²) in [6.45, 7) is 1.85. The van der Waals surface area contributed by atoms with Crippen molar-refractivity contribution >= 4 is 33.2 Å². The Morgan fingerprint density at radius 3 is 2.60 bits per heavy atom. The SMILES string of the molecule is Cc1ccc2c(c1)C(=O)C(=N)C(Br)C2=O. The van der Waals surface area contributed by atoms with E-state index in [-0.39, 0.29) is 17.3 Å². The zero-order chi connectivity index (χ0) is 11.2. The smallest absolute Gasteiger partial charge is 0.208 e. The van der Waals surface area contributed by atoms with E-state index in [9.17, 15) is 9.59 Å². The first kappa shape index (κ1) is 10.2. The number of halogens is 1. The van der Waals surface area contributed by atoms with Crippen LogP contribution in [0.3, 0.4) is 0 Å². The lowest BCUT2D eigenvalue weighted by Crippen LogP contribution is -2.37. The van der Waals surface area contributed by atoms with E-state index in [4.69, 9.17) is 5.41 Å². The maximum absolute atomic E-state index is 11.7. The molecule has 0 radical (unpaired) electrons. The molecule has 3 nitrogen and oxygen atoms in total. The summed E-state index contributed by atoms with van der Waals surface area (Å²) >= 11 is 3.05. The Labute approximate surface area is 95.1 Å². The van der Waals surface area contributed by atoms with Gasteiger partial charge in [-0.05, 0) is 13.0 Å². The van der Waals surface area contributed by atoms with E-state index in [2.05, 4.69) is 15.9 Å². The highest BCUT2D eigenvalue weighted by molar-refractivity contribution is 9.10. The molecule has 2 rings (SSSR count). The Morgan fingerprint density at radius 2 is 1.93 bits per heavy atom. The third-order valence-electron chi connectivity index (χ3n) is 2.41. The Balaban J connectivity index is 2.69. The molecular weight excluding hydrogens is 258 g/mol. The van der Waals surface area contributed by atoms with Crippen molar-refractivity contribution in [3.8, 4) is 0 Å². The maximum Gasteiger partial charge on any atom is 0.208 e. The zero-order valence-corrected chi connectivity index (χ0v) is 9.59. The molecule has 1 aromatic rings. The van der Waals surface area contributed by atoms with Crippen molar-refractivity contribution in [2.75, 3.05) is 0 Å². The second-order valence-electron chi connectivity index (χ2n) is 3.52. The van der Waals surface area contributed by atoms with Crippen molar-refractivity contribution in [1.82, 2.24) is 0 Å². The van der Waals surface area contributed by atoms with Crippen LogP contribution < -0.4 is 0 Å². The van der Waals surface area contributed by atoms with Gasteiger partial charge in [0.15, 0.2) is 5.78 Å². The van der Waals surface area contributed by atoms with E-state index >= 15 is 0 Å². The number of fused-ring (bicyclic) bond motifs is 1. The minimum absolute atomic E-state index is 0.182. The molecule has 1 N–H and O–H groups in total. The number of alkyl halides is 1. The van der Waals surface area contributed by atoms with Gasteiger partial charge in [0.1, 0.15) is 10.5 Å². The number of hydrogen-bond donors (Lipinski definition) is 1. The minimum atomic E-state index is -0.791. The van der Waals surface area contributed by atoms with Crippen molar-refractivity contribution in [2.45, 2.75) is 11.8 Å². The number of ketones is 2. The Bertz CT molecular complexity index is 493. The molecule has 4 heteroatoms. The van der Waals surface area contributed by atoms with E-state index in [0.717, 1.165) is 5.56 Å². The van der Waals surface area contributed by atoms with Crippen LogP contribution in [0.4, 0.5) is 0 Å². The number of nitrogens with one attached hydrogen (secondary N) is 1. The van der Waals surface area contributed by atoms with Crippen molar-refractivity contribution in [1.29, 1.82) is 5.41 Å². The molecule has 76 valence electrons. The molecule has 0 heterocycles. The molecule has 0 saturated heterocycles. The first-order valence-corrected chi connectivity index (χ1v) is 5.36. The number of rotatable bonds is 0. The summed E-state index contributed by atoms with van der Waals surface area (Å²) < 4.78 is 0. The summed E-state index contributed by atoms with van der Waals surface area (Å²) in [6.07, 6.45) is 0. The fourth-order valence-corrected chi connectivity index (χ4v) is 2.04. The van der Waals surface area contributed by atoms with Gasteiger partial charge in [0.05, 0.1) is 0 Å². The molecule has 1 unspecified atom stereocenters. The molecule has 0 aromatic heterocycles. The Morgan fingerprint density at radius 1 is 1.27 bits per heavy atom. The lowest BCUT2D eigenvalue weighted by atomic mass is 9.87. The van der Waals surface area contributed by atoms with E-state index in [1.807, 2.05) is 6.92 Å². The molecule has 0 spiro atoms. The van der Waals surface area contributed by atoms with E-state index in [0.29, 0.717) is 11.1 Å². The van der Waals surface area contributed by atoms with Gasteiger partial charge in [-0.3, -0.25) is 15.0 Å². The molecule has 0 aliphatic heterocycles. The lowest BCUT2D eigenvalue weighted by molar-refractivity contribution is 0.0970. The highest BCUT2D eigenvalue weighted by Gasteiger charge is 2.35. The zero-order valence-electron chi connectivity index (χ0n) is 8.00. The lowest BCUT2D eigenvalue weighted by Gasteiger charge is -2.19. The van der Waals surface area contributed by atoms with Crippen molar-refractivity contribution in [2.24, 2.45) is 0 Å². The molecule has 1 aromatic carbocycles. The minimum Gasteiger partial charge on any atom is -0.300 e. The third-order valence-corrected chi connectivity index (χ3v) is 3.29. The van der Waals surface area contributed by atoms with Gasteiger partial charge < -0.3 is 0 Å². The predicted molar refractivity (Wildman–Crippen MR) is 60.3 cm³/mol. The summed E-state index contributed by atoms with van der Waals surface area (Å²) in [5.74, 6) is -0.579. The van der Waals surface area contributed by atoms with Gasteiger partial charge in [-0.1, -0.05) is 33.6 Å². The predicted octanol–water partition coefficient (Wildman–Crippen LogP) is 2.16. The summed E-state index contributed by atoms with van der Waals surface area (Å²) in [7, 11) is 0. The van der Waals surface area contributed by atoms with Crippen LogP contribution in [0.2, 0.25) is 0 Å². The average molecular weight is 266 g/mol. The van der Waals surface area contributed by atoms with Crippen LogP contribution in [0.15, 0.2) is 18.2 Å². The fourth-order valence-electron chi connectivity index (χ4n) is 1.59. The number of aryl methyl sites for hydroxylation is 1. The highest BCUT2D eigenvalue weighted by atomic mass is 79.9. The van der Waals surface area contributed by atoms with Gasteiger partial charge in [0.25, 0.3) is 0 Å². The van der Waals surface area contributed by atoms with Gasteiger partial charge >= 0.3 is 0 Å². The molecule has 0 fully saturated rings.